The maximum absolute atomic E-state index is 13.3. The van der Waals surface area contributed by atoms with Crippen LogP contribution in [0.4, 0.5) is 21.9 Å². The minimum absolute atomic E-state index is 0.123. The number of hydrogen-bond donors (Lipinski definition) is 0. The number of urea groups is 1. The zero-order valence-corrected chi connectivity index (χ0v) is 16.2. The van der Waals surface area contributed by atoms with E-state index in [-0.39, 0.29) is 23.2 Å². The number of nitro groups is 1. The maximum Gasteiger partial charge on any atom is 0.329 e. The van der Waals surface area contributed by atoms with Crippen molar-refractivity contribution in [3.8, 4) is 0 Å². The predicted octanol–water partition coefficient (Wildman–Crippen LogP) is 2.82. The number of nitro benzene ring substituents is 1. The van der Waals surface area contributed by atoms with E-state index in [1.165, 1.54) is 28.0 Å². The van der Waals surface area contributed by atoms with E-state index in [4.69, 9.17) is 0 Å². The standard InChI is InChI=1S/C19H19N3O5S/c1-12-6-13(2)8-16(7-12)21-18-11-28(26,27)10-17(18)20(19(21)23)14-4-3-5-15(9-14)22(24)25/h3-9,17-18H,10-11H2,1-2H3/t17-,18-/m0/s1. The zero-order valence-electron chi connectivity index (χ0n) is 15.4. The lowest BCUT2D eigenvalue weighted by atomic mass is 10.1. The molecule has 0 saturated carbocycles. The van der Waals surface area contributed by atoms with E-state index in [2.05, 4.69) is 0 Å². The lowest BCUT2D eigenvalue weighted by Gasteiger charge is -2.23. The molecule has 0 radical (unpaired) electrons. The summed E-state index contributed by atoms with van der Waals surface area (Å²) in [7, 11) is -3.33. The molecular weight excluding hydrogens is 382 g/mol. The minimum Gasteiger partial charge on any atom is -0.288 e. The number of benzene rings is 2. The first kappa shape index (κ1) is 18.4. The van der Waals surface area contributed by atoms with Crippen LogP contribution in [-0.4, -0.2) is 43.0 Å². The Labute approximate surface area is 162 Å². The molecule has 2 fully saturated rings. The van der Waals surface area contributed by atoms with Crippen molar-refractivity contribution in [1.82, 2.24) is 0 Å². The second-order valence-electron chi connectivity index (χ2n) is 7.36. The van der Waals surface area contributed by atoms with Gasteiger partial charge >= 0.3 is 6.03 Å². The van der Waals surface area contributed by atoms with Crippen LogP contribution in [0.15, 0.2) is 42.5 Å². The molecule has 2 aliphatic rings. The Kier molecular flexibility index (Phi) is 4.15. The molecule has 2 aromatic carbocycles. The predicted molar refractivity (Wildman–Crippen MR) is 106 cm³/mol. The van der Waals surface area contributed by atoms with E-state index in [1.807, 2.05) is 32.0 Å². The highest BCUT2D eigenvalue weighted by Crippen LogP contribution is 2.39. The van der Waals surface area contributed by atoms with Crippen LogP contribution in [0.3, 0.4) is 0 Å². The van der Waals surface area contributed by atoms with Crippen LogP contribution in [0, 0.1) is 24.0 Å². The molecule has 0 N–H and O–H groups in total. The van der Waals surface area contributed by atoms with Crippen molar-refractivity contribution < 1.29 is 18.1 Å². The third-order valence-electron chi connectivity index (χ3n) is 5.17. The first-order valence-electron chi connectivity index (χ1n) is 8.82. The van der Waals surface area contributed by atoms with E-state index < -0.39 is 26.8 Å². The molecule has 2 atom stereocenters. The number of carbonyl (C=O) groups excluding carboxylic acids is 1. The fourth-order valence-corrected chi connectivity index (χ4v) is 6.07. The van der Waals surface area contributed by atoms with Crippen LogP contribution in [0.25, 0.3) is 0 Å². The summed E-state index contributed by atoms with van der Waals surface area (Å²) >= 11 is 0. The average Bonchev–Trinajstić information content (AvgIpc) is 3.02. The fraction of sp³-hybridized carbons (Fsp3) is 0.316. The second kappa shape index (κ2) is 6.30. The largest absolute Gasteiger partial charge is 0.329 e. The van der Waals surface area contributed by atoms with Crippen molar-refractivity contribution in [3.63, 3.8) is 0 Å². The van der Waals surface area contributed by atoms with Crippen molar-refractivity contribution in [1.29, 1.82) is 0 Å². The van der Waals surface area contributed by atoms with Gasteiger partial charge < -0.3 is 0 Å². The van der Waals surface area contributed by atoms with Gasteiger partial charge in [0.15, 0.2) is 9.84 Å². The normalized spacial score (nSPS) is 23.1. The van der Waals surface area contributed by atoms with Gasteiger partial charge in [-0.05, 0) is 43.2 Å². The monoisotopic (exact) mass is 401 g/mol. The van der Waals surface area contributed by atoms with E-state index in [9.17, 15) is 23.3 Å². The van der Waals surface area contributed by atoms with Gasteiger partial charge in [-0.3, -0.25) is 19.9 Å². The van der Waals surface area contributed by atoms with Gasteiger partial charge in [-0.1, -0.05) is 12.1 Å². The molecule has 8 nitrogen and oxygen atoms in total. The third-order valence-corrected chi connectivity index (χ3v) is 6.87. The summed E-state index contributed by atoms with van der Waals surface area (Å²) in [6.45, 7) is 3.83. The van der Waals surface area contributed by atoms with Gasteiger partial charge in [-0.2, -0.15) is 0 Å². The number of rotatable bonds is 3. The van der Waals surface area contributed by atoms with E-state index in [0.717, 1.165) is 11.1 Å². The number of fused-ring (bicyclic) bond motifs is 1. The smallest absolute Gasteiger partial charge is 0.288 e. The Morgan fingerprint density at radius 2 is 1.54 bits per heavy atom. The molecule has 0 aliphatic carbocycles. The fourth-order valence-electron chi connectivity index (χ4n) is 4.15. The number of nitrogens with zero attached hydrogens (tertiary/aromatic N) is 3. The Morgan fingerprint density at radius 1 is 0.964 bits per heavy atom. The molecule has 0 bridgehead atoms. The summed E-state index contributed by atoms with van der Waals surface area (Å²) in [5.74, 6) is -0.283. The lowest BCUT2D eigenvalue weighted by Crippen LogP contribution is -2.38. The highest BCUT2D eigenvalue weighted by atomic mass is 32.2. The van der Waals surface area contributed by atoms with Crippen molar-refractivity contribution in [3.05, 3.63) is 63.7 Å². The summed E-state index contributed by atoms with van der Waals surface area (Å²) in [6, 6.07) is 9.95. The van der Waals surface area contributed by atoms with Crippen LogP contribution in [-0.2, 0) is 9.84 Å². The Morgan fingerprint density at radius 3 is 2.11 bits per heavy atom. The molecule has 4 rings (SSSR count). The summed E-state index contributed by atoms with van der Waals surface area (Å²) in [6.07, 6.45) is 0. The van der Waals surface area contributed by atoms with Crippen LogP contribution in [0.5, 0.6) is 0 Å². The van der Waals surface area contributed by atoms with Crippen molar-refractivity contribution in [2.45, 2.75) is 25.9 Å². The van der Waals surface area contributed by atoms with Gasteiger partial charge in [0.1, 0.15) is 0 Å². The van der Waals surface area contributed by atoms with Crippen molar-refractivity contribution in [2.24, 2.45) is 0 Å². The Bertz CT molecular complexity index is 1080. The van der Waals surface area contributed by atoms with Crippen LogP contribution < -0.4 is 9.80 Å². The number of anilines is 2. The number of hydrogen-bond acceptors (Lipinski definition) is 5. The van der Waals surface area contributed by atoms with Gasteiger partial charge in [0.2, 0.25) is 0 Å². The molecule has 2 aliphatic heterocycles. The maximum atomic E-state index is 13.3. The number of amides is 2. The molecular formula is C19H19N3O5S. The summed E-state index contributed by atoms with van der Waals surface area (Å²) in [5, 5.41) is 11.1. The molecule has 0 unspecified atom stereocenters. The second-order valence-corrected chi connectivity index (χ2v) is 9.51. The molecule has 9 heteroatoms. The topological polar surface area (TPSA) is 101 Å². The first-order valence-corrected chi connectivity index (χ1v) is 10.6. The van der Waals surface area contributed by atoms with E-state index >= 15 is 0 Å². The summed E-state index contributed by atoms with van der Waals surface area (Å²) in [5.41, 5.74) is 2.76. The third kappa shape index (κ3) is 3.01. The van der Waals surface area contributed by atoms with Gasteiger partial charge in [0.05, 0.1) is 34.2 Å². The van der Waals surface area contributed by atoms with Crippen LogP contribution >= 0.6 is 0 Å². The average molecular weight is 401 g/mol. The van der Waals surface area contributed by atoms with Crippen LogP contribution in [0.1, 0.15) is 11.1 Å². The SMILES string of the molecule is Cc1cc(C)cc(N2C(=O)N(c3cccc([N+](=O)[O-])c3)[C@H]3CS(=O)(=O)C[C@@H]32)c1. The van der Waals surface area contributed by atoms with E-state index in [1.54, 1.807) is 6.07 Å². The number of non-ortho nitro benzene ring substituents is 1. The van der Waals surface area contributed by atoms with Gasteiger partial charge in [-0.25, -0.2) is 13.2 Å². The number of aryl methyl sites for hydroxylation is 2. The molecule has 2 amide bonds. The highest BCUT2D eigenvalue weighted by molar-refractivity contribution is 7.91. The lowest BCUT2D eigenvalue weighted by molar-refractivity contribution is -0.384. The first-order chi connectivity index (χ1) is 13.2. The molecule has 2 saturated heterocycles. The number of sulfone groups is 1. The molecule has 146 valence electrons. The highest BCUT2D eigenvalue weighted by Gasteiger charge is 2.54. The van der Waals surface area contributed by atoms with Crippen LogP contribution in [0.2, 0.25) is 0 Å². The molecule has 0 aromatic heterocycles. The summed E-state index contributed by atoms with van der Waals surface area (Å²) < 4.78 is 24.7. The van der Waals surface area contributed by atoms with Gasteiger partial charge in [-0.15, -0.1) is 0 Å². The Balaban J connectivity index is 1.83. The Hall–Kier alpha value is -2.94. The molecule has 2 heterocycles. The minimum atomic E-state index is -3.33. The van der Waals surface area contributed by atoms with Gasteiger partial charge in [0.25, 0.3) is 5.69 Å². The number of carbonyl (C=O) groups is 1. The van der Waals surface area contributed by atoms with Gasteiger partial charge in [0, 0.05) is 17.8 Å². The van der Waals surface area contributed by atoms with Crippen molar-refractivity contribution >= 4 is 32.9 Å². The molecule has 2 aromatic rings. The molecule has 0 spiro atoms. The van der Waals surface area contributed by atoms with E-state index in [0.29, 0.717) is 11.4 Å². The van der Waals surface area contributed by atoms with Crippen molar-refractivity contribution in [2.75, 3.05) is 21.3 Å². The zero-order chi connectivity index (χ0) is 20.2. The quantitative estimate of drug-likeness (QED) is 0.447. The summed E-state index contributed by atoms with van der Waals surface area (Å²) in [4.78, 5) is 26.8. The molecule has 28 heavy (non-hydrogen) atoms.